The summed E-state index contributed by atoms with van der Waals surface area (Å²) in [5.41, 5.74) is 1.60. The lowest BCUT2D eigenvalue weighted by Crippen LogP contribution is -2.18. The first kappa shape index (κ1) is 13.5. The Kier molecular flexibility index (Phi) is 4.02. The zero-order valence-electron chi connectivity index (χ0n) is 9.47. The van der Waals surface area contributed by atoms with Crippen molar-refractivity contribution in [1.29, 1.82) is 0 Å². The van der Waals surface area contributed by atoms with Crippen molar-refractivity contribution in [2.45, 2.75) is 31.5 Å². The quantitative estimate of drug-likeness (QED) is 0.830. The van der Waals surface area contributed by atoms with Gasteiger partial charge in [0.1, 0.15) is 0 Å². The maximum Gasteiger partial charge on any atom is 0.336 e. The Morgan fingerprint density at radius 1 is 1.44 bits per heavy atom. The van der Waals surface area contributed by atoms with Gasteiger partial charge < -0.3 is 5.11 Å². The number of hydrogen-bond acceptors (Lipinski definition) is 1. The highest BCUT2D eigenvalue weighted by molar-refractivity contribution is 9.08. The molecule has 4 heteroatoms. The first-order chi connectivity index (χ1) is 7.29. The minimum atomic E-state index is -0.937. The molecule has 0 unspecified atom stereocenters. The zero-order valence-corrected chi connectivity index (χ0v) is 11.8. The van der Waals surface area contributed by atoms with Gasteiger partial charge in [-0.3, -0.25) is 0 Å². The van der Waals surface area contributed by atoms with Crippen molar-refractivity contribution in [2.75, 3.05) is 0 Å². The van der Waals surface area contributed by atoms with Crippen LogP contribution in [0.5, 0.6) is 0 Å². The molecule has 2 nitrogen and oxygen atoms in total. The summed E-state index contributed by atoms with van der Waals surface area (Å²) in [6.45, 7) is 5.87. The summed E-state index contributed by atoms with van der Waals surface area (Å²) in [6, 6.07) is 3.36. The monoisotopic (exact) mass is 304 g/mol. The second-order valence-corrected chi connectivity index (χ2v) is 5.59. The Hall–Kier alpha value is -0.540. The predicted octanol–water partition coefficient (Wildman–Crippen LogP) is 4.23. The maximum absolute atomic E-state index is 11.1. The average molecular weight is 306 g/mol. The van der Waals surface area contributed by atoms with Gasteiger partial charge in [-0.05, 0) is 22.6 Å². The first-order valence-corrected chi connectivity index (χ1v) is 6.40. The summed E-state index contributed by atoms with van der Waals surface area (Å²) < 4.78 is 0. The molecule has 1 aromatic rings. The molecule has 88 valence electrons. The van der Waals surface area contributed by atoms with Crippen LogP contribution in [0.25, 0.3) is 0 Å². The van der Waals surface area contributed by atoms with Gasteiger partial charge in [0, 0.05) is 10.4 Å². The van der Waals surface area contributed by atoms with Crippen LogP contribution in [0.15, 0.2) is 12.1 Å². The van der Waals surface area contributed by atoms with Crippen LogP contribution in [0.4, 0.5) is 0 Å². The molecular weight excluding hydrogens is 291 g/mol. The molecule has 0 aliphatic carbocycles. The van der Waals surface area contributed by atoms with E-state index in [1.54, 1.807) is 12.1 Å². The highest BCUT2D eigenvalue weighted by atomic mass is 79.9. The molecule has 0 fully saturated rings. The topological polar surface area (TPSA) is 37.3 Å². The normalized spacial score (nSPS) is 11.6. The number of aromatic carboxylic acids is 1. The molecule has 0 radical (unpaired) electrons. The minimum Gasteiger partial charge on any atom is -0.478 e. The number of alkyl halides is 1. The van der Waals surface area contributed by atoms with Crippen molar-refractivity contribution in [3.8, 4) is 0 Å². The van der Waals surface area contributed by atoms with Gasteiger partial charge in [-0.1, -0.05) is 54.4 Å². The van der Waals surface area contributed by atoms with Crippen molar-refractivity contribution in [3.05, 3.63) is 33.8 Å². The molecule has 1 N–H and O–H groups in total. The molecule has 0 spiro atoms. The zero-order chi connectivity index (χ0) is 12.5. The molecule has 0 bridgehead atoms. The maximum atomic E-state index is 11.1. The number of carboxylic acids is 1. The number of carbonyl (C=O) groups is 1. The second-order valence-electron chi connectivity index (χ2n) is 4.65. The Bertz CT molecular complexity index is 422. The minimum absolute atomic E-state index is 0.280. The highest BCUT2D eigenvalue weighted by Gasteiger charge is 2.25. The van der Waals surface area contributed by atoms with Crippen molar-refractivity contribution in [2.24, 2.45) is 0 Å². The summed E-state index contributed by atoms with van der Waals surface area (Å²) in [5.74, 6) is -0.937. The van der Waals surface area contributed by atoms with E-state index in [-0.39, 0.29) is 11.0 Å². The first-order valence-electron chi connectivity index (χ1n) is 4.90. The molecule has 16 heavy (non-hydrogen) atoms. The molecular formula is C12H14BrClO2. The summed E-state index contributed by atoms with van der Waals surface area (Å²) in [6.07, 6.45) is 0. The molecule has 0 atom stereocenters. The lowest BCUT2D eigenvalue weighted by molar-refractivity contribution is 0.0694. The Morgan fingerprint density at radius 2 is 2.00 bits per heavy atom. The molecule has 0 saturated carbocycles. The van der Waals surface area contributed by atoms with Crippen molar-refractivity contribution in [1.82, 2.24) is 0 Å². The van der Waals surface area contributed by atoms with Crippen LogP contribution in [0, 0.1) is 0 Å². The van der Waals surface area contributed by atoms with Gasteiger partial charge in [-0.2, -0.15) is 0 Å². The van der Waals surface area contributed by atoms with Crippen LogP contribution in [-0.2, 0) is 10.7 Å². The van der Waals surface area contributed by atoms with E-state index in [1.807, 2.05) is 20.8 Å². The van der Waals surface area contributed by atoms with Crippen LogP contribution >= 0.6 is 27.5 Å². The van der Waals surface area contributed by atoms with E-state index in [9.17, 15) is 4.79 Å². The Morgan fingerprint density at radius 3 is 2.38 bits per heavy atom. The Labute approximate surface area is 109 Å². The third-order valence-electron chi connectivity index (χ3n) is 2.35. The fourth-order valence-electron chi connectivity index (χ4n) is 1.63. The standard InChI is InChI=1S/C12H14BrClO2/c1-12(2,3)9-8(11(15)16)5-4-7(6-13)10(9)14/h4-5H,6H2,1-3H3,(H,15,16). The van der Waals surface area contributed by atoms with E-state index >= 15 is 0 Å². The van der Waals surface area contributed by atoms with E-state index in [4.69, 9.17) is 16.7 Å². The fourth-order valence-corrected chi connectivity index (χ4v) is 2.78. The van der Waals surface area contributed by atoms with Gasteiger partial charge in [-0.25, -0.2) is 4.79 Å². The van der Waals surface area contributed by atoms with Gasteiger partial charge >= 0.3 is 5.97 Å². The van der Waals surface area contributed by atoms with Crippen LogP contribution in [0.1, 0.15) is 42.3 Å². The van der Waals surface area contributed by atoms with E-state index in [0.717, 1.165) is 5.56 Å². The fraction of sp³-hybridized carbons (Fsp3) is 0.417. The predicted molar refractivity (Wildman–Crippen MR) is 69.7 cm³/mol. The largest absolute Gasteiger partial charge is 0.478 e. The van der Waals surface area contributed by atoms with E-state index in [1.165, 1.54) is 0 Å². The summed E-state index contributed by atoms with van der Waals surface area (Å²) in [7, 11) is 0. The van der Waals surface area contributed by atoms with Gasteiger partial charge in [0.25, 0.3) is 0 Å². The number of hydrogen-bond donors (Lipinski definition) is 1. The summed E-state index contributed by atoms with van der Waals surface area (Å²) >= 11 is 9.59. The van der Waals surface area contributed by atoms with Crippen molar-refractivity contribution >= 4 is 33.5 Å². The molecule has 0 heterocycles. The van der Waals surface area contributed by atoms with Crippen LogP contribution < -0.4 is 0 Å². The molecule has 0 aliphatic heterocycles. The van der Waals surface area contributed by atoms with E-state index < -0.39 is 5.97 Å². The van der Waals surface area contributed by atoms with Crippen LogP contribution in [0.2, 0.25) is 5.02 Å². The average Bonchev–Trinajstić information content (AvgIpc) is 2.14. The van der Waals surface area contributed by atoms with Gasteiger partial charge in [0.05, 0.1) is 5.56 Å². The number of carboxylic acid groups (broad SMARTS) is 1. The molecule has 0 aliphatic rings. The highest BCUT2D eigenvalue weighted by Crippen LogP contribution is 2.35. The van der Waals surface area contributed by atoms with Crippen LogP contribution in [-0.4, -0.2) is 11.1 Å². The molecule has 0 amide bonds. The SMILES string of the molecule is CC(C)(C)c1c(C(=O)O)ccc(CBr)c1Cl. The van der Waals surface area contributed by atoms with Gasteiger partial charge in [0.15, 0.2) is 0 Å². The van der Waals surface area contributed by atoms with E-state index in [2.05, 4.69) is 15.9 Å². The summed E-state index contributed by atoms with van der Waals surface area (Å²) in [4.78, 5) is 11.1. The number of halogens is 2. The molecule has 0 saturated heterocycles. The van der Waals surface area contributed by atoms with Crippen molar-refractivity contribution < 1.29 is 9.90 Å². The number of rotatable bonds is 2. The number of benzene rings is 1. The third-order valence-corrected chi connectivity index (χ3v) is 3.38. The molecule has 0 aromatic heterocycles. The van der Waals surface area contributed by atoms with Gasteiger partial charge in [0.2, 0.25) is 0 Å². The van der Waals surface area contributed by atoms with Gasteiger partial charge in [-0.15, -0.1) is 0 Å². The molecule has 1 rings (SSSR count). The smallest absolute Gasteiger partial charge is 0.336 e. The second kappa shape index (κ2) is 4.76. The van der Waals surface area contributed by atoms with Crippen molar-refractivity contribution in [3.63, 3.8) is 0 Å². The van der Waals surface area contributed by atoms with Crippen LogP contribution in [0.3, 0.4) is 0 Å². The lowest BCUT2D eigenvalue weighted by atomic mass is 9.82. The Balaban J connectivity index is 3.56. The molecule has 1 aromatic carbocycles. The van der Waals surface area contributed by atoms with E-state index in [0.29, 0.717) is 15.9 Å². The summed E-state index contributed by atoms with van der Waals surface area (Å²) in [5, 5.41) is 10.3. The lowest BCUT2D eigenvalue weighted by Gasteiger charge is -2.24. The third kappa shape index (κ3) is 2.58.